The number of aryl methyl sites for hydroxylation is 1. The number of fused-ring (bicyclic) bond motifs is 1. The Morgan fingerprint density at radius 1 is 1.31 bits per heavy atom. The molecule has 1 saturated heterocycles. The van der Waals surface area contributed by atoms with Gasteiger partial charge in [0.2, 0.25) is 10.0 Å². The normalized spacial score (nSPS) is 20.2. The molecule has 2 atom stereocenters. The summed E-state index contributed by atoms with van der Waals surface area (Å²) in [4.78, 5) is 15.0. The van der Waals surface area contributed by atoms with Crippen molar-refractivity contribution in [3.05, 3.63) is 33.9 Å². The maximum atomic E-state index is 15.4. The summed E-state index contributed by atoms with van der Waals surface area (Å²) in [6, 6.07) is 2.96. The molecule has 32 heavy (non-hydrogen) atoms. The third-order valence-electron chi connectivity index (χ3n) is 6.38. The van der Waals surface area contributed by atoms with E-state index in [0.717, 1.165) is 32.1 Å². The van der Waals surface area contributed by atoms with Crippen molar-refractivity contribution >= 4 is 26.6 Å². The van der Waals surface area contributed by atoms with Gasteiger partial charge in [-0.1, -0.05) is 0 Å². The Kier molecular flexibility index (Phi) is 6.21. The van der Waals surface area contributed by atoms with Crippen molar-refractivity contribution in [2.75, 3.05) is 37.4 Å². The number of nitrogens with zero attached hydrogens (tertiary/aromatic N) is 2. The first-order chi connectivity index (χ1) is 15.1. The molecule has 2 aliphatic rings. The van der Waals surface area contributed by atoms with Gasteiger partial charge in [-0.3, -0.25) is 4.79 Å². The van der Waals surface area contributed by atoms with E-state index < -0.39 is 10.0 Å². The van der Waals surface area contributed by atoms with Gasteiger partial charge >= 0.3 is 0 Å². The molecule has 1 unspecified atom stereocenters. The van der Waals surface area contributed by atoms with Crippen LogP contribution in [-0.2, 0) is 10.0 Å². The van der Waals surface area contributed by atoms with Crippen molar-refractivity contribution < 1.29 is 17.5 Å². The number of nitrogens with one attached hydrogen (secondary N) is 1. The average molecular weight is 467 g/mol. The topological polar surface area (TPSA) is 107 Å². The Morgan fingerprint density at radius 2 is 2.03 bits per heavy atom. The van der Waals surface area contributed by atoms with Gasteiger partial charge in [-0.15, -0.1) is 0 Å². The molecule has 1 saturated carbocycles. The molecule has 176 valence electrons. The SMILES string of the molecule is Cc1c(N2CCC([C@H](C)N)C2)c(F)cc2c(OCCNS(C)(=O)=O)cc(=O)n(C3CC3)c12. The number of rotatable bonds is 8. The van der Waals surface area contributed by atoms with Gasteiger partial charge in [0.05, 0.1) is 17.5 Å². The molecule has 1 aromatic carbocycles. The first kappa shape index (κ1) is 23.0. The van der Waals surface area contributed by atoms with Crippen molar-refractivity contribution in [2.45, 2.75) is 45.2 Å². The van der Waals surface area contributed by atoms with Gasteiger partial charge in [-0.25, -0.2) is 17.5 Å². The molecular weight excluding hydrogens is 435 g/mol. The predicted octanol–water partition coefficient (Wildman–Crippen LogP) is 1.89. The largest absolute Gasteiger partial charge is 0.491 e. The third kappa shape index (κ3) is 4.62. The van der Waals surface area contributed by atoms with Crippen LogP contribution in [0.5, 0.6) is 5.75 Å². The number of nitrogens with two attached hydrogens (primary N) is 1. The first-order valence-electron chi connectivity index (χ1n) is 11.0. The molecule has 4 rings (SSSR count). The van der Waals surface area contributed by atoms with Crippen LogP contribution in [0.2, 0.25) is 0 Å². The molecule has 10 heteroatoms. The molecule has 1 aliphatic carbocycles. The van der Waals surface area contributed by atoms with Gasteiger partial charge in [0, 0.05) is 43.2 Å². The Morgan fingerprint density at radius 3 is 2.62 bits per heavy atom. The lowest BCUT2D eigenvalue weighted by molar-refractivity contribution is 0.325. The van der Waals surface area contributed by atoms with E-state index in [9.17, 15) is 13.2 Å². The van der Waals surface area contributed by atoms with Crippen LogP contribution in [0.25, 0.3) is 10.9 Å². The summed E-state index contributed by atoms with van der Waals surface area (Å²) < 4.78 is 47.8. The monoisotopic (exact) mass is 466 g/mol. The summed E-state index contributed by atoms with van der Waals surface area (Å²) in [6.45, 7) is 5.31. The standard InChI is InChI=1S/C22H31FN4O4S/c1-13-21-17(10-18(23)22(13)26-8-6-15(12-26)14(2)24)19(31-9-7-25-32(3,29)30)11-20(28)27(21)16-4-5-16/h10-11,14-16,25H,4-9,12,24H2,1-3H3/t14-,15?/m0/s1. The number of ether oxygens (including phenoxy) is 1. The highest BCUT2D eigenvalue weighted by atomic mass is 32.2. The number of aromatic nitrogens is 1. The molecule has 0 amide bonds. The van der Waals surface area contributed by atoms with Gasteiger partial charge in [0.25, 0.3) is 5.56 Å². The molecule has 1 aromatic heterocycles. The second kappa shape index (κ2) is 8.64. The van der Waals surface area contributed by atoms with Crippen LogP contribution >= 0.6 is 0 Å². The fraction of sp³-hybridized carbons (Fsp3) is 0.591. The number of hydrogen-bond acceptors (Lipinski definition) is 6. The van der Waals surface area contributed by atoms with Crippen molar-refractivity contribution in [3.8, 4) is 5.75 Å². The Hall–Kier alpha value is -2.17. The van der Waals surface area contributed by atoms with Crippen molar-refractivity contribution in [1.82, 2.24) is 9.29 Å². The Balaban J connectivity index is 1.76. The van der Waals surface area contributed by atoms with E-state index in [2.05, 4.69) is 4.72 Å². The summed E-state index contributed by atoms with van der Waals surface area (Å²) >= 11 is 0. The fourth-order valence-corrected chi connectivity index (χ4v) is 5.09. The summed E-state index contributed by atoms with van der Waals surface area (Å²) in [5, 5.41) is 0.526. The highest BCUT2D eigenvalue weighted by Gasteiger charge is 2.32. The van der Waals surface area contributed by atoms with E-state index in [-0.39, 0.29) is 42.4 Å². The molecule has 2 aromatic rings. The van der Waals surface area contributed by atoms with Gasteiger partial charge in [0.1, 0.15) is 18.2 Å². The number of anilines is 1. The van der Waals surface area contributed by atoms with E-state index >= 15 is 4.39 Å². The van der Waals surface area contributed by atoms with Gasteiger partial charge in [-0.05, 0) is 50.7 Å². The van der Waals surface area contributed by atoms with Crippen LogP contribution in [0.1, 0.15) is 37.8 Å². The van der Waals surface area contributed by atoms with Crippen LogP contribution in [0.15, 0.2) is 16.9 Å². The highest BCUT2D eigenvalue weighted by molar-refractivity contribution is 7.88. The molecule has 1 aliphatic heterocycles. The molecule has 2 fully saturated rings. The van der Waals surface area contributed by atoms with Gasteiger partial charge in [0.15, 0.2) is 0 Å². The van der Waals surface area contributed by atoms with Gasteiger partial charge < -0.3 is 19.9 Å². The maximum absolute atomic E-state index is 15.4. The molecular formula is C22H31FN4O4S. The molecule has 2 heterocycles. The lowest BCUT2D eigenvalue weighted by Crippen LogP contribution is -2.30. The second-order valence-corrected chi connectivity index (χ2v) is 10.9. The van der Waals surface area contributed by atoms with E-state index in [0.29, 0.717) is 34.6 Å². The zero-order valence-electron chi connectivity index (χ0n) is 18.7. The number of benzene rings is 1. The Bertz CT molecular complexity index is 1190. The van der Waals surface area contributed by atoms with Crippen LogP contribution in [0.3, 0.4) is 0 Å². The lowest BCUT2D eigenvalue weighted by Gasteiger charge is -2.25. The van der Waals surface area contributed by atoms with Gasteiger partial charge in [-0.2, -0.15) is 0 Å². The minimum absolute atomic E-state index is 0.0274. The summed E-state index contributed by atoms with van der Waals surface area (Å²) in [5.41, 5.74) is 7.81. The number of halogens is 1. The van der Waals surface area contributed by atoms with E-state index in [4.69, 9.17) is 10.5 Å². The number of hydrogen-bond donors (Lipinski definition) is 2. The number of pyridine rings is 1. The van der Waals surface area contributed by atoms with E-state index in [1.54, 1.807) is 4.57 Å². The van der Waals surface area contributed by atoms with Crippen molar-refractivity contribution in [2.24, 2.45) is 11.7 Å². The summed E-state index contributed by atoms with van der Waals surface area (Å²) in [6.07, 6.45) is 3.79. The van der Waals surface area contributed by atoms with Crippen molar-refractivity contribution in [1.29, 1.82) is 0 Å². The minimum atomic E-state index is -3.35. The zero-order chi connectivity index (χ0) is 23.2. The second-order valence-electron chi connectivity index (χ2n) is 9.05. The third-order valence-corrected chi connectivity index (χ3v) is 7.11. The fourth-order valence-electron chi connectivity index (χ4n) is 4.64. The van der Waals surface area contributed by atoms with Crippen LogP contribution in [0.4, 0.5) is 10.1 Å². The number of sulfonamides is 1. The smallest absolute Gasteiger partial charge is 0.255 e. The molecule has 0 radical (unpaired) electrons. The van der Waals surface area contributed by atoms with E-state index in [1.165, 1.54) is 12.1 Å². The molecule has 8 nitrogen and oxygen atoms in total. The quantitative estimate of drug-likeness (QED) is 0.576. The zero-order valence-corrected chi connectivity index (χ0v) is 19.5. The predicted molar refractivity (Wildman–Crippen MR) is 123 cm³/mol. The average Bonchev–Trinajstić information content (AvgIpc) is 3.41. The first-order valence-corrected chi connectivity index (χ1v) is 12.9. The Labute approximate surface area is 187 Å². The lowest BCUT2D eigenvalue weighted by atomic mass is 10.0. The molecule has 0 spiro atoms. The van der Waals surface area contributed by atoms with E-state index in [1.807, 2.05) is 18.7 Å². The summed E-state index contributed by atoms with van der Waals surface area (Å²) in [7, 11) is -3.35. The highest BCUT2D eigenvalue weighted by Crippen LogP contribution is 2.42. The van der Waals surface area contributed by atoms with Crippen LogP contribution < -0.4 is 25.7 Å². The van der Waals surface area contributed by atoms with Crippen LogP contribution in [-0.4, -0.2) is 51.5 Å². The summed E-state index contributed by atoms with van der Waals surface area (Å²) in [5.74, 6) is 0.202. The van der Waals surface area contributed by atoms with Crippen LogP contribution in [0, 0.1) is 18.7 Å². The molecule has 0 bridgehead atoms. The molecule has 3 N–H and O–H groups in total. The maximum Gasteiger partial charge on any atom is 0.255 e. The van der Waals surface area contributed by atoms with Crippen molar-refractivity contribution in [3.63, 3.8) is 0 Å². The minimum Gasteiger partial charge on any atom is -0.491 e.